The number of hydrogen-bond acceptors (Lipinski definition) is 5. The Morgan fingerprint density at radius 1 is 0.879 bits per heavy atom. The molecule has 7 nitrogen and oxygen atoms in total. The molecule has 0 unspecified atom stereocenters. The second kappa shape index (κ2) is 9.90. The first-order chi connectivity index (χ1) is 16.0. The van der Waals surface area contributed by atoms with Crippen molar-refractivity contribution in [2.75, 3.05) is 36.4 Å². The molecule has 0 bridgehead atoms. The first kappa shape index (κ1) is 22.6. The van der Waals surface area contributed by atoms with Crippen molar-refractivity contribution >= 4 is 29.2 Å². The second-order valence-electron chi connectivity index (χ2n) is 8.58. The van der Waals surface area contributed by atoms with Gasteiger partial charge in [-0.3, -0.25) is 9.59 Å². The van der Waals surface area contributed by atoms with Crippen LogP contribution in [0.3, 0.4) is 0 Å². The summed E-state index contributed by atoms with van der Waals surface area (Å²) in [4.78, 5) is 41.7. The SMILES string of the molecule is Cc1ccccc1N1CCN(C(=O)c2ccccc2NC(=O)[C@H]2CC=CC[C@@H]2C(=O)[O-])CC1. The number of para-hydroxylation sites is 2. The Labute approximate surface area is 193 Å². The fraction of sp³-hybridized carbons (Fsp3) is 0.346. The van der Waals surface area contributed by atoms with E-state index in [0.717, 1.165) is 13.1 Å². The van der Waals surface area contributed by atoms with Gasteiger partial charge in [-0.05, 0) is 43.5 Å². The van der Waals surface area contributed by atoms with Gasteiger partial charge < -0.3 is 25.0 Å². The number of anilines is 2. The molecule has 0 spiro atoms. The van der Waals surface area contributed by atoms with Crippen molar-refractivity contribution in [2.45, 2.75) is 19.8 Å². The number of aliphatic carboxylic acids is 1. The van der Waals surface area contributed by atoms with Crippen LogP contribution < -0.4 is 15.3 Å². The fourth-order valence-corrected chi connectivity index (χ4v) is 4.61. The number of nitrogens with one attached hydrogen (secondary N) is 1. The van der Waals surface area contributed by atoms with Crippen LogP contribution in [0.5, 0.6) is 0 Å². The molecule has 33 heavy (non-hydrogen) atoms. The van der Waals surface area contributed by atoms with Crippen LogP contribution in [0, 0.1) is 18.8 Å². The maximum Gasteiger partial charge on any atom is 0.256 e. The van der Waals surface area contributed by atoms with Crippen molar-refractivity contribution < 1.29 is 19.5 Å². The molecule has 4 rings (SSSR count). The van der Waals surface area contributed by atoms with E-state index in [0.29, 0.717) is 30.8 Å². The molecule has 0 saturated carbocycles. The summed E-state index contributed by atoms with van der Waals surface area (Å²) in [5.41, 5.74) is 3.20. The highest BCUT2D eigenvalue weighted by Crippen LogP contribution is 2.28. The number of allylic oxidation sites excluding steroid dienone is 2. The minimum absolute atomic E-state index is 0.143. The number of amides is 2. The Kier molecular flexibility index (Phi) is 6.77. The van der Waals surface area contributed by atoms with E-state index in [1.807, 2.05) is 18.2 Å². The summed E-state index contributed by atoms with van der Waals surface area (Å²) in [5.74, 6) is -3.36. The maximum absolute atomic E-state index is 13.3. The lowest BCUT2D eigenvalue weighted by Crippen LogP contribution is -2.49. The van der Waals surface area contributed by atoms with Gasteiger partial charge >= 0.3 is 0 Å². The number of hydrogen-bond donors (Lipinski definition) is 1. The third kappa shape index (κ3) is 4.92. The van der Waals surface area contributed by atoms with Crippen molar-refractivity contribution in [1.82, 2.24) is 4.90 Å². The van der Waals surface area contributed by atoms with Gasteiger partial charge in [0.1, 0.15) is 0 Å². The molecule has 0 aromatic heterocycles. The molecule has 1 aliphatic heterocycles. The highest BCUT2D eigenvalue weighted by molar-refractivity contribution is 6.04. The van der Waals surface area contributed by atoms with Crippen LogP contribution in [0.4, 0.5) is 11.4 Å². The molecule has 2 atom stereocenters. The van der Waals surface area contributed by atoms with Crippen molar-refractivity contribution in [3.05, 3.63) is 71.8 Å². The zero-order chi connectivity index (χ0) is 23.4. The van der Waals surface area contributed by atoms with E-state index in [1.165, 1.54) is 11.3 Å². The molecule has 0 radical (unpaired) electrons. The molecule has 2 aliphatic rings. The highest BCUT2D eigenvalue weighted by Gasteiger charge is 2.31. The number of carboxylic acid groups (broad SMARTS) is 1. The molecular weight excluding hydrogens is 418 g/mol. The number of carbonyl (C=O) groups is 3. The van der Waals surface area contributed by atoms with E-state index >= 15 is 0 Å². The summed E-state index contributed by atoms with van der Waals surface area (Å²) < 4.78 is 0. The smallest absolute Gasteiger partial charge is 0.256 e. The second-order valence-corrected chi connectivity index (χ2v) is 8.58. The lowest BCUT2D eigenvalue weighted by molar-refractivity contribution is -0.313. The van der Waals surface area contributed by atoms with Crippen LogP contribution in [-0.2, 0) is 9.59 Å². The van der Waals surface area contributed by atoms with Crippen molar-refractivity contribution in [3.63, 3.8) is 0 Å². The van der Waals surface area contributed by atoms with Gasteiger partial charge in [0, 0.05) is 43.8 Å². The number of aryl methyl sites for hydroxylation is 1. The van der Waals surface area contributed by atoms with E-state index in [4.69, 9.17) is 0 Å². The Morgan fingerprint density at radius 2 is 1.52 bits per heavy atom. The van der Waals surface area contributed by atoms with E-state index in [2.05, 4.69) is 29.3 Å². The van der Waals surface area contributed by atoms with E-state index in [9.17, 15) is 19.5 Å². The molecule has 2 aromatic carbocycles. The minimum Gasteiger partial charge on any atom is -0.550 e. The zero-order valence-electron chi connectivity index (χ0n) is 18.7. The number of rotatable bonds is 5. The third-order valence-corrected chi connectivity index (χ3v) is 6.51. The van der Waals surface area contributed by atoms with Gasteiger partial charge in [0.15, 0.2) is 0 Å². The molecule has 2 aromatic rings. The summed E-state index contributed by atoms with van der Waals surface area (Å²) >= 11 is 0. The van der Waals surface area contributed by atoms with Gasteiger partial charge in [-0.1, -0.05) is 42.5 Å². The van der Waals surface area contributed by atoms with Gasteiger partial charge in [-0.15, -0.1) is 0 Å². The molecular formula is C26H28N3O4-. The predicted octanol–water partition coefficient (Wildman–Crippen LogP) is 2.23. The average molecular weight is 447 g/mol. The molecule has 7 heteroatoms. The lowest BCUT2D eigenvalue weighted by Gasteiger charge is -2.37. The number of carboxylic acids is 1. The Morgan fingerprint density at radius 3 is 2.21 bits per heavy atom. The van der Waals surface area contributed by atoms with Crippen LogP contribution in [0.1, 0.15) is 28.8 Å². The maximum atomic E-state index is 13.3. The molecule has 1 saturated heterocycles. The Balaban J connectivity index is 1.45. The Hall–Kier alpha value is -3.61. The lowest BCUT2D eigenvalue weighted by atomic mass is 9.82. The first-order valence-corrected chi connectivity index (χ1v) is 11.3. The average Bonchev–Trinajstić information content (AvgIpc) is 2.84. The quantitative estimate of drug-likeness (QED) is 0.711. The van der Waals surface area contributed by atoms with Crippen LogP contribution in [0.2, 0.25) is 0 Å². The van der Waals surface area contributed by atoms with Crippen molar-refractivity contribution in [3.8, 4) is 0 Å². The number of piperazine rings is 1. The summed E-state index contributed by atoms with van der Waals surface area (Å²) in [6.07, 6.45) is 4.18. The predicted molar refractivity (Wildman–Crippen MR) is 125 cm³/mol. The monoisotopic (exact) mass is 446 g/mol. The van der Waals surface area contributed by atoms with Gasteiger partial charge in [0.25, 0.3) is 5.91 Å². The van der Waals surface area contributed by atoms with Crippen molar-refractivity contribution in [2.24, 2.45) is 11.8 Å². The molecule has 1 heterocycles. The summed E-state index contributed by atoms with van der Waals surface area (Å²) in [6, 6.07) is 15.1. The van der Waals surface area contributed by atoms with Crippen molar-refractivity contribution in [1.29, 1.82) is 0 Å². The zero-order valence-corrected chi connectivity index (χ0v) is 18.7. The molecule has 1 aliphatic carbocycles. The highest BCUT2D eigenvalue weighted by atomic mass is 16.4. The standard InChI is InChI=1S/C26H29N3O4/c1-18-8-2-7-13-23(18)28-14-16-29(17-15-28)25(31)21-11-5-6-12-22(21)27-24(30)19-9-3-4-10-20(19)26(32)33/h2-8,11-13,19-20H,9-10,14-17H2,1H3,(H,27,30)(H,32,33)/p-1/t19-,20-/m0/s1. The van der Waals surface area contributed by atoms with E-state index < -0.39 is 23.7 Å². The van der Waals surface area contributed by atoms with Crippen LogP contribution >= 0.6 is 0 Å². The van der Waals surface area contributed by atoms with Crippen LogP contribution in [0.15, 0.2) is 60.7 Å². The van der Waals surface area contributed by atoms with Gasteiger partial charge in [0.2, 0.25) is 5.91 Å². The van der Waals surface area contributed by atoms with Crippen LogP contribution in [0.25, 0.3) is 0 Å². The molecule has 1 N–H and O–H groups in total. The Bertz CT molecular complexity index is 1070. The van der Waals surface area contributed by atoms with E-state index in [-0.39, 0.29) is 12.3 Å². The van der Waals surface area contributed by atoms with Gasteiger partial charge in [-0.25, -0.2) is 0 Å². The summed E-state index contributed by atoms with van der Waals surface area (Å²) in [5, 5.41) is 14.3. The first-order valence-electron chi connectivity index (χ1n) is 11.3. The normalized spacial score (nSPS) is 20.4. The summed E-state index contributed by atoms with van der Waals surface area (Å²) in [6.45, 7) is 4.70. The third-order valence-electron chi connectivity index (χ3n) is 6.51. The van der Waals surface area contributed by atoms with Gasteiger partial charge in [0.05, 0.1) is 17.2 Å². The topological polar surface area (TPSA) is 92.8 Å². The van der Waals surface area contributed by atoms with Gasteiger partial charge in [-0.2, -0.15) is 0 Å². The minimum atomic E-state index is -1.23. The van der Waals surface area contributed by atoms with Crippen LogP contribution in [-0.4, -0.2) is 48.9 Å². The fourth-order valence-electron chi connectivity index (χ4n) is 4.61. The summed E-state index contributed by atoms with van der Waals surface area (Å²) in [7, 11) is 0. The van der Waals surface area contributed by atoms with E-state index in [1.54, 1.807) is 35.2 Å². The molecule has 1 fully saturated rings. The molecule has 172 valence electrons. The largest absolute Gasteiger partial charge is 0.550 e. The molecule has 2 amide bonds. The number of benzene rings is 2. The number of carbonyl (C=O) groups excluding carboxylic acids is 3. The number of nitrogens with zero attached hydrogens (tertiary/aromatic N) is 2.